The molecule has 2 rings (SSSR count). The molecule has 2 unspecified atom stereocenters. The van der Waals surface area contributed by atoms with E-state index in [0.717, 1.165) is 25.8 Å². The van der Waals surface area contributed by atoms with Gasteiger partial charge in [-0.15, -0.1) is 0 Å². The first-order valence-electron chi connectivity index (χ1n) is 7.53. The molecular formula is C14H27N3O. The van der Waals surface area contributed by atoms with Crippen molar-refractivity contribution in [1.82, 2.24) is 10.2 Å². The normalized spacial score (nSPS) is 28.6. The summed E-state index contributed by atoms with van der Waals surface area (Å²) in [6.45, 7) is 3.57. The Bertz CT molecular complexity index is 278. The molecule has 0 aromatic rings. The standard InChI is InChI=1S/C14H27N3O/c1-2-17(14(18)16-12-7-5-8-12)13-9-4-3-6-11(13)10-15/h11-13H,2-10,15H2,1H3,(H,16,18). The Kier molecular flexibility index (Phi) is 4.87. The molecule has 0 radical (unpaired) electrons. The predicted octanol–water partition coefficient (Wildman–Crippen LogP) is 2.09. The zero-order valence-electron chi connectivity index (χ0n) is 11.5. The van der Waals surface area contributed by atoms with Gasteiger partial charge in [-0.1, -0.05) is 12.8 Å². The molecule has 2 saturated carbocycles. The van der Waals surface area contributed by atoms with E-state index < -0.39 is 0 Å². The lowest BCUT2D eigenvalue weighted by Gasteiger charge is -2.40. The molecule has 4 heteroatoms. The van der Waals surface area contributed by atoms with Gasteiger partial charge in [-0.05, 0) is 51.5 Å². The van der Waals surface area contributed by atoms with Gasteiger partial charge in [0.2, 0.25) is 0 Å². The van der Waals surface area contributed by atoms with Crippen molar-refractivity contribution >= 4 is 6.03 Å². The summed E-state index contributed by atoms with van der Waals surface area (Å²) in [6.07, 6.45) is 8.34. The summed E-state index contributed by atoms with van der Waals surface area (Å²) in [6, 6.07) is 0.910. The lowest BCUT2D eigenvalue weighted by molar-refractivity contribution is 0.121. The average molecular weight is 253 g/mol. The fraction of sp³-hybridized carbons (Fsp3) is 0.929. The van der Waals surface area contributed by atoms with E-state index in [1.165, 1.54) is 25.7 Å². The van der Waals surface area contributed by atoms with Crippen LogP contribution in [0, 0.1) is 5.92 Å². The van der Waals surface area contributed by atoms with E-state index >= 15 is 0 Å². The summed E-state index contributed by atoms with van der Waals surface area (Å²) in [7, 11) is 0. The highest BCUT2D eigenvalue weighted by Gasteiger charge is 2.32. The minimum atomic E-state index is 0.132. The molecule has 0 spiro atoms. The van der Waals surface area contributed by atoms with Crippen molar-refractivity contribution in [1.29, 1.82) is 0 Å². The van der Waals surface area contributed by atoms with Crippen LogP contribution in [0.3, 0.4) is 0 Å². The fourth-order valence-corrected chi connectivity index (χ4v) is 3.21. The van der Waals surface area contributed by atoms with E-state index in [2.05, 4.69) is 12.2 Å². The van der Waals surface area contributed by atoms with Gasteiger partial charge < -0.3 is 16.0 Å². The first kappa shape index (κ1) is 13.7. The number of nitrogens with zero attached hydrogens (tertiary/aromatic N) is 1. The molecule has 18 heavy (non-hydrogen) atoms. The molecule has 2 atom stereocenters. The molecule has 3 N–H and O–H groups in total. The van der Waals surface area contributed by atoms with E-state index in [1.807, 2.05) is 4.90 Å². The number of rotatable bonds is 4. The number of hydrogen-bond donors (Lipinski definition) is 2. The highest BCUT2D eigenvalue weighted by molar-refractivity contribution is 5.75. The lowest BCUT2D eigenvalue weighted by atomic mass is 9.83. The van der Waals surface area contributed by atoms with Gasteiger partial charge in [0.15, 0.2) is 0 Å². The van der Waals surface area contributed by atoms with Crippen molar-refractivity contribution in [3.63, 3.8) is 0 Å². The molecule has 2 fully saturated rings. The van der Waals surface area contributed by atoms with Crippen molar-refractivity contribution in [2.24, 2.45) is 11.7 Å². The molecule has 0 heterocycles. The second-order valence-corrected chi connectivity index (χ2v) is 5.71. The van der Waals surface area contributed by atoms with Crippen molar-refractivity contribution in [2.45, 2.75) is 64.0 Å². The third-order valence-electron chi connectivity index (χ3n) is 4.61. The quantitative estimate of drug-likeness (QED) is 0.806. The topological polar surface area (TPSA) is 58.4 Å². The van der Waals surface area contributed by atoms with E-state index in [1.54, 1.807) is 0 Å². The van der Waals surface area contributed by atoms with Crippen LogP contribution in [0.5, 0.6) is 0 Å². The van der Waals surface area contributed by atoms with Crippen LogP contribution in [0.2, 0.25) is 0 Å². The van der Waals surface area contributed by atoms with Crippen LogP contribution in [-0.4, -0.2) is 36.1 Å². The molecule has 2 aliphatic carbocycles. The number of nitrogens with one attached hydrogen (secondary N) is 1. The van der Waals surface area contributed by atoms with Crippen LogP contribution in [0.15, 0.2) is 0 Å². The number of hydrogen-bond acceptors (Lipinski definition) is 2. The van der Waals surface area contributed by atoms with E-state index in [0.29, 0.717) is 24.5 Å². The van der Waals surface area contributed by atoms with Gasteiger partial charge in [-0.3, -0.25) is 0 Å². The Morgan fingerprint density at radius 2 is 1.94 bits per heavy atom. The zero-order chi connectivity index (χ0) is 13.0. The zero-order valence-corrected chi connectivity index (χ0v) is 11.5. The molecule has 104 valence electrons. The van der Waals surface area contributed by atoms with Gasteiger partial charge in [0.1, 0.15) is 0 Å². The van der Waals surface area contributed by atoms with Gasteiger partial charge in [0, 0.05) is 18.6 Å². The Morgan fingerprint density at radius 3 is 2.50 bits per heavy atom. The SMILES string of the molecule is CCN(C(=O)NC1CCC1)C1CCCCC1CN. The number of carbonyl (C=O) groups excluding carboxylic acids is 1. The Hall–Kier alpha value is -0.770. The predicted molar refractivity (Wildman–Crippen MR) is 73.4 cm³/mol. The van der Waals surface area contributed by atoms with E-state index in [-0.39, 0.29) is 6.03 Å². The Labute approximate surface area is 110 Å². The number of urea groups is 1. The summed E-state index contributed by atoms with van der Waals surface area (Å²) in [5, 5.41) is 3.16. The van der Waals surface area contributed by atoms with Crippen LogP contribution in [0.4, 0.5) is 4.79 Å². The molecule has 4 nitrogen and oxygen atoms in total. The van der Waals surface area contributed by atoms with Crippen molar-refractivity contribution < 1.29 is 4.79 Å². The summed E-state index contributed by atoms with van der Waals surface area (Å²) < 4.78 is 0. The summed E-state index contributed by atoms with van der Waals surface area (Å²) >= 11 is 0. The molecule has 0 aromatic heterocycles. The summed E-state index contributed by atoms with van der Waals surface area (Å²) in [4.78, 5) is 14.3. The van der Waals surface area contributed by atoms with E-state index in [9.17, 15) is 4.79 Å². The van der Waals surface area contributed by atoms with Crippen LogP contribution in [-0.2, 0) is 0 Å². The fourth-order valence-electron chi connectivity index (χ4n) is 3.21. The molecular weight excluding hydrogens is 226 g/mol. The summed E-state index contributed by atoms with van der Waals surface area (Å²) in [5.74, 6) is 0.492. The summed E-state index contributed by atoms with van der Waals surface area (Å²) in [5.41, 5.74) is 5.87. The first-order chi connectivity index (χ1) is 8.76. The average Bonchev–Trinajstić information content (AvgIpc) is 2.35. The van der Waals surface area contributed by atoms with E-state index in [4.69, 9.17) is 5.73 Å². The maximum atomic E-state index is 12.3. The highest BCUT2D eigenvalue weighted by Crippen LogP contribution is 2.28. The van der Waals surface area contributed by atoms with Crippen LogP contribution in [0.25, 0.3) is 0 Å². The van der Waals surface area contributed by atoms with Crippen LogP contribution >= 0.6 is 0 Å². The molecule has 0 bridgehead atoms. The third-order valence-corrected chi connectivity index (χ3v) is 4.61. The molecule has 0 saturated heterocycles. The minimum Gasteiger partial charge on any atom is -0.335 e. The van der Waals surface area contributed by atoms with Crippen molar-refractivity contribution in [2.75, 3.05) is 13.1 Å². The van der Waals surface area contributed by atoms with Gasteiger partial charge >= 0.3 is 6.03 Å². The highest BCUT2D eigenvalue weighted by atomic mass is 16.2. The molecule has 2 amide bonds. The second-order valence-electron chi connectivity index (χ2n) is 5.71. The second kappa shape index (κ2) is 6.41. The molecule has 0 aromatic carbocycles. The minimum absolute atomic E-state index is 0.132. The number of carbonyl (C=O) groups is 1. The van der Waals surface area contributed by atoms with Crippen LogP contribution in [0.1, 0.15) is 51.9 Å². The first-order valence-corrected chi connectivity index (χ1v) is 7.53. The monoisotopic (exact) mass is 253 g/mol. The largest absolute Gasteiger partial charge is 0.335 e. The maximum absolute atomic E-state index is 12.3. The smallest absolute Gasteiger partial charge is 0.317 e. The van der Waals surface area contributed by atoms with Gasteiger partial charge in [0.05, 0.1) is 0 Å². The molecule has 0 aliphatic heterocycles. The van der Waals surface area contributed by atoms with Crippen molar-refractivity contribution in [3.8, 4) is 0 Å². The third kappa shape index (κ3) is 2.97. The van der Waals surface area contributed by atoms with Crippen molar-refractivity contribution in [3.05, 3.63) is 0 Å². The van der Waals surface area contributed by atoms with Gasteiger partial charge in [-0.25, -0.2) is 4.79 Å². The van der Waals surface area contributed by atoms with Gasteiger partial charge in [-0.2, -0.15) is 0 Å². The number of nitrogens with two attached hydrogens (primary N) is 1. The number of amides is 2. The van der Waals surface area contributed by atoms with Crippen LogP contribution < -0.4 is 11.1 Å². The lowest BCUT2D eigenvalue weighted by Crippen LogP contribution is -2.54. The molecule has 2 aliphatic rings. The maximum Gasteiger partial charge on any atom is 0.317 e. The Morgan fingerprint density at radius 1 is 1.22 bits per heavy atom. The van der Waals surface area contributed by atoms with Gasteiger partial charge in [0.25, 0.3) is 0 Å². The Balaban J connectivity index is 1.94.